The molecule has 0 aliphatic carbocycles. The molecule has 1 N–H and O–H groups in total. The Labute approximate surface area is 174 Å². The highest BCUT2D eigenvalue weighted by molar-refractivity contribution is 5.91. The first kappa shape index (κ1) is 19.4. The van der Waals surface area contributed by atoms with Crippen molar-refractivity contribution >= 4 is 16.5 Å². The Morgan fingerprint density at radius 2 is 1.97 bits per heavy atom. The fourth-order valence-electron chi connectivity index (χ4n) is 4.75. The van der Waals surface area contributed by atoms with Gasteiger partial charge in [0.05, 0.1) is 5.69 Å². The van der Waals surface area contributed by atoms with E-state index >= 15 is 0 Å². The van der Waals surface area contributed by atoms with Gasteiger partial charge in [-0.15, -0.1) is 0 Å². The minimum atomic E-state index is -0.367. The lowest BCUT2D eigenvalue weighted by atomic mass is 9.94. The van der Waals surface area contributed by atoms with E-state index in [4.69, 9.17) is 4.52 Å². The summed E-state index contributed by atoms with van der Waals surface area (Å²) in [4.78, 5) is 7.20. The molecule has 1 aromatic carbocycles. The van der Waals surface area contributed by atoms with Crippen molar-refractivity contribution in [3.8, 4) is 5.95 Å². The minimum Gasteiger partial charge on any atom is -0.337 e. The Hall–Kier alpha value is -2.58. The molecule has 4 heterocycles. The second-order valence-corrected chi connectivity index (χ2v) is 8.40. The van der Waals surface area contributed by atoms with Gasteiger partial charge in [-0.3, -0.25) is 0 Å². The van der Waals surface area contributed by atoms with Crippen LogP contribution in [0.3, 0.4) is 0 Å². The molecule has 158 valence electrons. The number of fused-ring (bicyclic) bond motifs is 1. The van der Waals surface area contributed by atoms with Crippen molar-refractivity contribution in [3.05, 3.63) is 42.2 Å². The van der Waals surface area contributed by atoms with Crippen LogP contribution in [0.15, 0.2) is 29.3 Å². The van der Waals surface area contributed by atoms with E-state index in [2.05, 4.69) is 32.0 Å². The van der Waals surface area contributed by atoms with Crippen LogP contribution in [0.4, 0.5) is 4.39 Å². The maximum atomic E-state index is 14.6. The van der Waals surface area contributed by atoms with Gasteiger partial charge in [0, 0.05) is 17.3 Å². The third-order valence-electron chi connectivity index (χ3n) is 6.38. The second kappa shape index (κ2) is 7.92. The van der Waals surface area contributed by atoms with E-state index in [1.165, 1.54) is 23.6 Å². The molecule has 3 aromatic rings. The molecule has 0 unspecified atom stereocenters. The van der Waals surface area contributed by atoms with Crippen LogP contribution in [0, 0.1) is 5.82 Å². The highest BCUT2D eigenvalue weighted by Gasteiger charge is 2.30. The number of hydrogen-bond donors (Lipinski definition) is 1. The monoisotopic (exact) mass is 410 g/mol. The molecular formula is C22H27FN6O. The maximum absolute atomic E-state index is 14.6. The van der Waals surface area contributed by atoms with Crippen molar-refractivity contribution < 1.29 is 8.91 Å². The van der Waals surface area contributed by atoms with Gasteiger partial charge in [-0.1, -0.05) is 18.7 Å². The average Bonchev–Trinajstić information content (AvgIpc) is 3.40. The van der Waals surface area contributed by atoms with Gasteiger partial charge >= 0.3 is 0 Å². The van der Waals surface area contributed by atoms with Gasteiger partial charge in [-0.2, -0.15) is 14.8 Å². The maximum Gasteiger partial charge on any atom is 0.291 e. The lowest BCUT2D eigenvalue weighted by Crippen LogP contribution is -2.46. The van der Waals surface area contributed by atoms with E-state index in [1.807, 2.05) is 13.0 Å². The number of nitrogens with zero attached hydrogens (tertiary/aromatic N) is 5. The highest BCUT2D eigenvalue weighted by Crippen LogP contribution is 2.31. The molecule has 30 heavy (non-hydrogen) atoms. The number of halogens is 1. The molecule has 2 aliphatic heterocycles. The van der Waals surface area contributed by atoms with Gasteiger partial charge in [0.15, 0.2) is 0 Å². The first-order valence-electron chi connectivity index (χ1n) is 10.7. The average molecular weight is 410 g/mol. The number of para-hydroxylation sites is 1. The second-order valence-electron chi connectivity index (χ2n) is 8.40. The van der Waals surface area contributed by atoms with Crippen LogP contribution in [0.2, 0.25) is 0 Å². The van der Waals surface area contributed by atoms with Crippen LogP contribution in [0.25, 0.3) is 22.4 Å². The molecule has 0 amide bonds. The summed E-state index contributed by atoms with van der Waals surface area (Å²) in [5, 5.41) is 12.8. The minimum absolute atomic E-state index is 0.233. The Bertz CT molecular complexity index is 1060. The number of nitrogens with one attached hydrogen (secondary N) is 1. The number of rotatable bonds is 4. The Balaban J connectivity index is 1.37. The SMILES string of the molecule is C=C(C)c1nn(-c2noc(C3CCN(C4CCNCC4)CC3)n2)c2c(F)cccc12. The zero-order valence-corrected chi connectivity index (χ0v) is 17.3. The van der Waals surface area contributed by atoms with E-state index in [9.17, 15) is 4.39 Å². The van der Waals surface area contributed by atoms with Crippen molar-refractivity contribution in [2.75, 3.05) is 26.2 Å². The third-order valence-corrected chi connectivity index (χ3v) is 6.38. The molecule has 0 atom stereocenters. The fourth-order valence-corrected chi connectivity index (χ4v) is 4.75. The number of piperidine rings is 2. The van der Waals surface area contributed by atoms with Gasteiger partial charge < -0.3 is 14.7 Å². The van der Waals surface area contributed by atoms with Gasteiger partial charge in [0.2, 0.25) is 5.89 Å². The fraction of sp³-hybridized carbons (Fsp3) is 0.500. The van der Waals surface area contributed by atoms with Crippen molar-refractivity contribution in [1.82, 2.24) is 30.1 Å². The summed E-state index contributed by atoms with van der Waals surface area (Å²) in [5.74, 6) is 0.755. The molecular weight excluding hydrogens is 383 g/mol. The molecule has 0 radical (unpaired) electrons. The summed E-state index contributed by atoms with van der Waals surface area (Å²) < 4.78 is 21.6. The van der Waals surface area contributed by atoms with Crippen LogP contribution in [0.1, 0.15) is 50.1 Å². The highest BCUT2D eigenvalue weighted by atomic mass is 19.1. The van der Waals surface area contributed by atoms with Gasteiger partial charge in [-0.25, -0.2) is 4.39 Å². The van der Waals surface area contributed by atoms with Crippen molar-refractivity contribution in [1.29, 1.82) is 0 Å². The molecule has 2 saturated heterocycles. The molecule has 7 nitrogen and oxygen atoms in total. The Morgan fingerprint density at radius 3 is 2.70 bits per heavy atom. The van der Waals surface area contributed by atoms with Gasteiger partial charge in [-0.05, 0) is 75.6 Å². The third kappa shape index (κ3) is 3.44. The summed E-state index contributed by atoms with van der Waals surface area (Å²) in [6, 6.07) is 5.61. The van der Waals surface area contributed by atoms with E-state index in [0.29, 0.717) is 28.5 Å². The van der Waals surface area contributed by atoms with E-state index in [0.717, 1.165) is 44.6 Å². The lowest BCUT2D eigenvalue weighted by molar-refractivity contribution is 0.120. The molecule has 2 fully saturated rings. The predicted octanol–water partition coefficient (Wildman–Crippen LogP) is 3.51. The molecule has 2 aliphatic rings. The molecule has 5 rings (SSSR count). The topological polar surface area (TPSA) is 72.0 Å². The summed E-state index contributed by atoms with van der Waals surface area (Å²) in [5.41, 5.74) is 1.76. The number of benzene rings is 1. The Morgan fingerprint density at radius 1 is 1.20 bits per heavy atom. The largest absolute Gasteiger partial charge is 0.337 e. The number of aromatic nitrogens is 4. The lowest BCUT2D eigenvalue weighted by Gasteiger charge is -2.38. The van der Waals surface area contributed by atoms with E-state index in [1.54, 1.807) is 6.07 Å². The molecule has 0 saturated carbocycles. The van der Waals surface area contributed by atoms with Gasteiger partial charge in [0.1, 0.15) is 11.3 Å². The molecule has 8 heteroatoms. The summed E-state index contributed by atoms with van der Waals surface area (Å²) in [7, 11) is 0. The zero-order chi connectivity index (χ0) is 20.7. The van der Waals surface area contributed by atoms with Crippen LogP contribution in [0.5, 0.6) is 0 Å². The smallest absolute Gasteiger partial charge is 0.291 e. The molecule has 0 bridgehead atoms. The van der Waals surface area contributed by atoms with Crippen molar-refractivity contribution in [3.63, 3.8) is 0 Å². The quantitative estimate of drug-likeness (QED) is 0.710. The summed E-state index contributed by atoms with van der Waals surface area (Å²) in [6.07, 6.45) is 4.43. The number of likely N-dealkylation sites (tertiary alicyclic amines) is 1. The van der Waals surface area contributed by atoms with Crippen molar-refractivity contribution in [2.24, 2.45) is 0 Å². The van der Waals surface area contributed by atoms with Crippen LogP contribution >= 0.6 is 0 Å². The molecule has 0 spiro atoms. The van der Waals surface area contributed by atoms with Crippen LogP contribution in [-0.4, -0.2) is 57.0 Å². The van der Waals surface area contributed by atoms with E-state index < -0.39 is 0 Å². The van der Waals surface area contributed by atoms with E-state index in [-0.39, 0.29) is 17.7 Å². The van der Waals surface area contributed by atoms with Crippen molar-refractivity contribution in [2.45, 2.75) is 44.6 Å². The summed E-state index contributed by atoms with van der Waals surface area (Å²) >= 11 is 0. The molecule has 2 aromatic heterocycles. The van der Waals surface area contributed by atoms with Crippen LogP contribution < -0.4 is 5.32 Å². The summed E-state index contributed by atoms with van der Waals surface area (Å²) in [6.45, 7) is 10.1. The normalized spacial score (nSPS) is 19.5. The van der Waals surface area contributed by atoms with Crippen LogP contribution in [-0.2, 0) is 0 Å². The zero-order valence-electron chi connectivity index (χ0n) is 17.3. The first-order chi connectivity index (χ1) is 14.6. The first-order valence-corrected chi connectivity index (χ1v) is 10.7. The Kier molecular flexibility index (Phi) is 5.12. The van der Waals surface area contributed by atoms with Gasteiger partial charge in [0.25, 0.3) is 5.95 Å². The number of hydrogen-bond acceptors (Lipinski definition) is 6. The number of allylic oxidation sites excluding steroid dienone is 1. The standard InChI is InChI=1S/C22H27FN6O/c1-14(2)19-17-4-3-5-18(23)20(17)29(26-19)22-25-21(30-27-22)15-8-12-28(13-9-15)16-6-10-24-11-7-16/h3-5,15-16,24H,1,6-13H2,2H3. The predicted molar refractivity (Wildman–Crippen MR) is 113 cm³/mol.